The Morgan fingerprint density at radius 3 is 2.83 bits per heavy atom. The number of benzene rings is 2. The molecule has 2 aromatic carbocycles. The lowest BCUT2D eigenvalue weighted by atomic mass is 9.96. The zero-order valence-electron chi connectivity index (χ0n) is 17.3. The van der Waals surface area contributed by atoms with Gasteiger partial charge in [-0.25, -0.2) is 9.97 Å². The molecule has 0 aliphatic carbocycles. The third-order valence-corrected chi connectivity index (χ3v) is 5.31. The molecule has 1 aliphatic heterocycles. The Bertz CT molecular complexity index is 1130. The number of anilines is 2. The number of aromatic nitrogens is 2. The van der Waals surface area contributed by atoms with Crippen molar-refractivity contribution in [1.82, 2.24) is 9.97 Å². The maximum absolute atomic E-state index is 13.3. The summed E-state index contributed by atoms with van der Waals surface area (Å²) >= 11 is 0. The number of halogens is 3. The fourth-order valence-electron chi connectivity index (χ4n) is 3.79. The van der Waals surface area contributed by atoms with Gasteiger partial charge in [-0.15, -0.1) is 0 Å². The van der Waals surface area contributed by atoms with Gasteiger partial charge in [-0.2, -0.15) is 13.2 Å². The molecule has 8 heteroatoms. The highest BCUT2D eigenvalue weighted by Crippen LogP contribution is 2.34. The molecule has 1 N–H and O–H groups in total. The van der Waals surface area contributed by atoms with Gasteiger partial charge in [-0.1, -0.05) is 18.2 Å². The van der Waals surface area contributed by atoms with Gasteiger partial charge in [-0.05, 0) is 49.6 Å². The molecule has 1 amide bonds. The highest BCUT2D eigenvalue weighted by atomic mass is 19.4. The highest BCUT2D eigenvalue weighted by molar-refractivity contribution is 5.94. The smallest absolute Gasteiger partial charge is 0.355 e. The largest absolute Gasteiger partial charge is 0.416 e. The summed E-state index contributed by atoms with van der Waals surface area (Å²) in [5, 5.41) is 3.43. The lowest BCUT2D eigenvalue weighted by molar-refractivity contribution is -0.138. The average Bonchev–Trinajstić information content (AvgIpc) is 2.74. The Kier molecular flexibility index (Phi) is 4.98. The van der Waals surface area contributed by atoms with Crippen molar-refractivity contribution in [3.8, 4) is 0 Å². The van der Waals surface area contributed by atoms with E-state index in [-0.39, 0.29) is 11.3 Å². The predicted octanol–water partition coefficient (Wildman–Crippen LogP) is 4.81. The first-order chi connectivity index (χ1) is 14.8. The normalized spacial score (nSPS) is 17.7. The van der Waals surface area contributed by atoms with Gasteiger partial charge >= 0.3 is 6.18 Å². The second kappa shape index (κ2) is 7.93. The number of alkyl halides is 3. The monoisotopic (exact) mass is 415 g/mol. The molecule has 1 aromatic heterocycles. The molecule has 0 radical (unpaired) electrons. The van der Waals surface area contributed by atoms with Crippen molar-refractivity contribution in [2.45, 2.75) is 25.9 Å². The number of nitrogens with zero attached hydrogens (tertiary/aromatic N) is 3. The Hall–Kier alpha value is -3.16. The lowest BCUT2D eigenvalue weighted by Crippen LogP contribution is -2.41. The van der Waals surface area contributed by atoms with Crippen molar-refractivity contribution in [3.63, 3.8) is 0 Å². The van der Waals surface area contributed by atoms with Crippen molar-refractivity contribution < 1.29 is 19.3 Å². The molecule has 0 spiro atoms. The lowest BCUT2D eigenvalue weighted by Gasteiger charge is -2.33. The fraction of sp³-hybridized carbons (Fsp3) is 0.318. The van der Waals surface area contributed by atoms with Crippen molar-refractivity contribution in [3.05, 3.63) is 59.9 Å². The van der Waals surface area contributed by atoms with E-state index in [0.29, 0.717) is 13.0 Å². The first-order valence-corrected chi connectivity index (χ1v) is 9.68. The van der Waals surface area contributed by atoms with Crippen LogP contribution in [0.15, 0.2) is 48.8 Å². The van der Waals surface area contributed by atoms with Gasteiger partial charge in [0.15, 0.2) is 0 Å². The molecule has 2 heterocycles. The van der Waals surface area contributed by atoms with E-state index in [2.05, 4.69) is 15.3 Å². The van der Waals surface area contributed by atoms with E-state index in [4.69, 9.17) is 1.37 Å². The van der Waals surface area contributed by atoms with Gasteiger partial charge in [0.1, 0.15) is 12.1 Å². The average molecular weight is 415 g/mol. The van der Waals surface area contributed by atoms with Crippen LogP contribution in [0.5, 0.6) is 0 Å². The van der Waals surface area contributed by atoms with Gasteiger partial charge in [0.2, 0.25) is 5.91 Å². The summed E-state index contributed by atoms with van der Waals surface area (Å²) in [7, 11) is 0. The van der Waals surface area contributed by atoms with Crippen LogP contribution < -0.4 is 10.2 Å². The minimum absolute atomic E-state index is 0.0463. The second-order valence-corrected chi connectivity index (χ2v) is 7.42. The van der Waals surface area contributed by atoms with Crippen molar-refractivity contribution in [1.29, 1.82) is 0 Å². The van der Waals surface area contributed by atoms with Crippen LogP contribution in [0.1, 0.15) is 25.3 Å². The minimum Gasteiger partial charge on any atom is -0.355 e. The molecule has 30 heavy (non-hydrogen) atoms. The zero-order chi connectivity index (χ0) is 22.2. The van der Waals surface area contributed by atoms with Gasteiger partial charge in [0.25, 0.3) is 0 Å². The summed E-state index contributed by atoms with van der Waals surface area (Å²) in [6, 6.07) is 9.51. The van der Waals surface area contributed by atoms with Gasteiger partial charge in [0, 0.05) is 24.2 Å². The van der Waals surface area contributed by atoms with E-state index in [1.807, 2.05) is 29.2 Å². The number of amides is 1. The zero-order valence-corrected chi connectivity index (χ0v) is 16.3. The Morgan fingerprint density at radius 1 is 1.23 bits per heavy atom. The van der Waals surface area contributed by atoms with Gasteiger partial charge in [0.05, 0.1) is 18.4 Å². The number of piperidine rings is 1. The van der Waals surface area contributed by atoms with Crippen LogP contribution in [-0.2, 0) is 11.0 Å². The summed E-state index contributed by atoms with van der Waals surface area (Å²) in [5.74, 6) is -0.0926. The van der Waals surface area contributed by atoms with Gasteiger partial charge in [-0.3, -0.25) is 4.79 Å². The minimum atomic E-state index is -4.66. The van der Waals surface area contributed by atoms with Crippen molar-refractivity contribution in [2.24, 2.45) is 5.92 Å². The Balaban J connectivity index is 1.55. The summed E-state index contributed by atoms with van der Waals surface area (Å²) in [4.78, 5) is 23.5. The van der Waals surface area contributed by atoms with E-state index in [0.717, 1.165) is 29.7 Å². The molecule has 1 unspecified atom stereocenters. The Morgan fingerprint density at radius 2 is 2.03 bits per heavy atom. The maximum Gasteiger partial charge on any atom is 0.416 e. The van der Waals surface area contributed by atoms with Crippen LogP contribution in [0.4, 0.5) is 24.7 Å². The number of aryl methyl sites for hydroxylation is 1. The first-order valence-electron chi connectivity index (χ1n) is 10.2. The molecular formula is C22H21F3N4O. The summed E-state index contributed by atoms with van der Waals surface area (Å²) < 4.78 is 47.8. The number of nitrogens with one attached hydrogen (secondary N) is 1. The van der Waals surface area contributed by atoms with E-state index in [1.54, 1.807) is 0 Å². The summed E-state index contributed by atoms with van der Waals surface area (Å²) in [6.45, 7) is 2.41. The van der Waals surface area contributed by atoms with Crippen molar-refractivity contribution >= 4 is 28.3 Å². The van der Waals surface area contributed by atoms with E-state index in [9.17, 15) is 18.0 Å². The van der Waals surface area contributed by atoms with Crippen LogP contribution in [0, 0.1) is 12.8 Å². The SMILES string of the molecule is [2H]c1c(NC(=O)C2CCCN(c3ncnc4ccccc34)C2)ccc(C)c1C(F)(F)F. The molecule has 0 bridgehead atoms. The number of carbonyl (C=O) groups excluding carboxylic acids is 1. The third kappa shape index (κ3) is 4.08. The van der Waals surface area contributed by atoms with Crippen LogP contribution in [0.3, 0.4) is 0 Å². The highest BCUT2D eigenvalue weighted by Gasteiger charge is 2.33. The van der Waals surface area contributed by atoms with Crippen LogP contribution >= 0.6 is 0 Å². The molecule has 156 valence electrons. The third-order valence-electron chi connectivity index (χ3n) is 5.31. The second-order valence-electron chi connectivity index (χ2n) is 7.42. The number of para-hydroxylation sites is 1. The molecule has 1 saturated heterocycles. The molecule has 4 rings (SSSR count). The van der Waals surface area contributed by atoms with Crippen LogP contribution in [0.25, 0.3) is 10.9 Å². The van der Waals surface area contributed by atoms with Crippen LogP contribution in [-0.4, -0.2) is 29.0 Å². The van der Waals surface area contributed by atoms with Gasteiger partial charge < -0.3 is 10.2 Å². The number of hydrogen-bond donors (Lipinski definition) is 1. The quantitative estimate of drug-likeness (QED) is 0.667. The Labute approximate surface area is 173 Å². The molecule has 1 aliphatic rings. The number of carbonyl (C=O) groups is 1. The summed E-state index contributed by atoms with van der Waals surface area (Å²) in [5.41, 5.74) is -0.400. The number of fused-ring (bicyclic) bond motifs is 1. The van der Waals surface area contributed by atoms with E-state index < -0.39 is 29.6 Å². The molecule has 1 fully saturated rings. The van der Waals surface area contributed by atoms with E-state index in [1.165, 1.54) is 25.4 Å². The predicted molar refractivity (Wildman–Crippen MR) is 109 cm³/mol. The first kappa shape index (κ1) is 18.8. The number of rotatable bonds is 3. The molecular weight excluding hydrogens is 393 g/mol. The topological polar surface area (TPSA) is 58.1 Å². The standard InChI is InChI=1S/C22H21F3N4O/c1-14-8-9-16(11-18(14)22(23,24)25)28-21(30)15-5-4-10-29(12-15)20-17-6-2-3-7-19(17)26-13-27-20/h2-3,6-9,11,13,15H,4-5,10,12H2,1H3,(H,28,30)/i11D. The van der Waals surface area contributed by atoms with Crippen LogP contribution in [0.2, 0.25) is 0 Å². The number of hydrogen-bond acceptors (Lipinski definition) is 4. The maximum atomic E-state index is 13.3. The summed E-state index contributed by atoms with van der Waals surface area (Å²) in [6.07, 6.45) is -1.82. The molecule has 0 saturated carbocycles. The molecule has 3 aromatic rings. The molecule has 1 atom stereocenters. The van der Waals surface area contributed by atoms with E-state index >= 15 is 0 Å². The fourth-order valence-corrected chi connectivity index (χ4v) is 3.79. The molecule has 5 nitrogen and oxygen atoms in total. The van der Waals surface area contributed by atoms with Crippen molar-refractivity contribution in [2.75, 3.05) is 23.3 Å².